The minimum absolute atomic E-state index is 0.00865. The smallest absolute Gasteiger partial charge is 0.246 e. The quantitative estimate of drug-likeness (QED) is 0.748. The molecule has 6 heteroatoms. The van der Waals surface area contributed by atoms with Crippen molar-refractivity contribution in [1.82, 2.24) is 15.5 Å². The predicted octanol–water partition coefficient (Wildman–Crippen LogP) is 2.00. The highest BCUT2D eigenvalue weighted by Gasteiger charge is 2.31. The van der Waals surface area contributed by atoms with Gasteiger partial charge in [-0.15, -0.1) is 0 Å². The van der Waals surface area contributed by atoms with Gasteiger partial charge in [0.15, 0.2) is 0 Å². The number of carbonyl (C=O) groups is 2. The van der Waals surface area contributed by atoms with Gasteiger partial charge in [0, 0.05) is 13.1 Å². The molecule has 0 saturated carbocycles. The third-order valence-electron chi connectivity index (χ3n) is 3.74. The normalized spacial score (nSPS) is 12.8. The number of nitrogens with one attached hydrogen (secondary N) is 2. The van der Waals surface area contributed by atoms with Crippen LogP contribution in [0.1, 0.15) is 38.8 Å². The maximum absolute atomic E-state index is 12.7. The largest absolute Gasteiger partial charge is 0.405 e. The van der Waals surface area contributed by atoms with Crippen molar-refractivity contribution in [2.75, 3.05) is 13.6 Å². The maximum Gasteiger partial charge on any atom is 0.246 e. The van der Waals surface area contributed by atoms with Gasteiger partial charge in [0.1, 0.15) is 6.04 Å². The van der Waals surface area contributed by atoms with Gasteiger partial charge < -0.3 is 21.3 Å². The van der Waals surface area contributed by atoms with Crippen molar-refractivity contribution in [3.8, 4) is 0 Å². The minimum Gasteiger partial charge on any atom is -0.405 e. The maximum atomic E-state index is 12.7. The zero-order chi connectivity index (χ0) is 20.1. The SMILES string of the molecule is C=CN.CC.CNCC(=O)NC(C(=O)N1Cc2ccccc2C1)C(C)C. The third-order valence-corrected chi connectivity index (χ3v) is 3.74. The lowest BCUT2D eigenvalue weighted by Crippen LogP contribution is -2.51. The molecule has 4 N–H and O–H groups in total. The summed E-state index contributed by atoms with van der Waals surface area (Å²) in [6.07, 6.45) is 1.25. The van der Waals surface area contributed by atoms with Crippen molar-refractivity contribution in [1.29, 1.82) is 0 Å². The second kappa shape index (κ2) is 12.9. The molecule has 1 heterocycles. The summed E-state index contributed by atoms with van der Waals surface area (Å²) < 4.78 is 0. The Morgan fingerprint density at radius 3 is 2.08 bits per heavy atom. The molecule has 0 radical (unpaired) electrons. The number of rotatable bonds is 5. The summed E-state index contributed by atoms with van der Waals surface area (Å²) >= 11 is 0. The molecule has 0 aliphatic carbocycles. The third kappa shape index (κ3) is 7.27. The number of nitrogens with zero attached hydrogens (tertiary/aromatic N) is 1. The highest BCUT2D eigenvalue weighted by molar-refractivity contribution is 5.88. The van der Waals surface area contributed by atoms with Crippen molar-refractivity contribution >= 4 is 11.8 Å². The molecule has 1 aromatic rings. The van der Waals surface area contributed by atoms with E-state index in [0.29, 0.717) is 13.1 Å². The van der Waals surface area contributed by atoms with Crippen LogP contribution < -0.4 is 16.4 Å². The van der Waals surface area contributed by atoms with Crippen molar-refractivity contribution in [3.05, 3.63) is 48.2 Å². The van der Waals surface area contributed by atoms with Gasteiger partial charge in [0.05, 0.1) is 6.54 Å². The molecule has 1 aromatic carbocycles. The lowest BCUT2D eigenvalue weighted by atomic mass is 10.0. The summed E-state index contributed by atoms with van der Waals surface area (Å²) in [4.78, 5) is 26.3. The number of amides is 2. The molecular weight excluding hydrogens is 328 g/mol. The van der Waals surface area contributed by atoms with Crippen LogP contribution >= 0.6 is 0 Å². The van der Waals surface area contributed by atoms with Gasteiger partial charge >= 0.3 is 0 Å². The van der Waals surface area contributed by atoms with Gasteiger partial charge in [0.2, 0.25) is 11.8 Å². The van der Waals surface area contributed by atoms with Crippen LogP contribution in [0.15, 0.2) is 37.0 Å². The topological polar surface area (TPSA) is 87.5 Å². The molecule has 146 valence electrons. The number of hydrogen-bond acceptors (Lipinski definition) is 4. The Kier molecular flexibility index (Phi) is 11.8. The molecule has 2 amide bonds. The number of nitrogens with two attached hydrogens (primary N) is 1. The van der Waals surface area contributed by atoms with Gasteiger partial charge in [-0.2, -0.15) is 0 Å². The van der Waals surface area contributed by atoms with Crippen LogP contribution in [0.5, 0.6) is 0 Å². The molecule has 0 aromatic heterocycles. The van der Waals surface area contributed by atoms with E-state index in [0.717, 1.165) is 0 Å². The van der Waals surface area contributed by atoms with Crippen LogP contribution in [0.4, 0.5) is 0 Å². The average Bonchev–Trinajstić information content (AvgIpc) is 3.06. The van der Waals surface area contributed by atoms with Crippen molar-refractivity contribution < 1.29 is 9.59 Å². The second-order valence-electron chi connectivity index (χ2n) is 6.02. The molecule has 0 spiro atoms. The number of carbonyl (C=O) groups excluding carboxylic acids is 2. The van der Waals surface area contributed by atoms with Gasteiger partial charge in [0.25, 0.3) is 0 Å². The van der Waals surface area contributed by atoms with Crippen LogP contribution in [0.25, 0.3) is 0 Å². The summed E-state index contributed by atoms with van der Waals surface area (Å²) in [5.41, 5.74) is 6.99. The molecule has 1 aliphatic heterocycles. The van der Waals surface area contributed by atoms with E-state index in [-0.39, 0.29) is 24.3 Å². The van der Waals surface area contributed by atoms with Gasteiger partial charge in [-0.1, -0.05) is 58.5 Å². The molecule has 2 rings (SSSR count). The van der Waals surface area contributed by atoms with E-state index in [1.807, 2.05) is 56.9 Å². The monoisotopic (exact) mass is 362 g/mol. The molecule has 1 unspecified atom stereocenters. The zero-order valence-electron chi connectivity index (χ0n) is 16.7. The first-order valence-electron chi connectivity index (χ1n) is 9.06. The van der Waals surface area contributed by atoms with E-state index in [4.69, 9.17) is 0 Å². The number of hydrogen-bond donors (Lipinski definition) is 3. The Hall–Kier alpha value is -2.34. The molecule has 0 saturated heterocycles. The molecule has 0 fully saturated rings. The van der Waals surface area contributed by atoms with Crippen LogP contribution in [0, 0.1) is 5.92 Å². The number of likely N-dealkylation sites (N-methyl/N-ethyl adjacent to an activating group) is 1. The number of fused-ring (bicyclic) bond motifs is 1. The van der Waals surface area contributed by atoms with E-state index >= 15 is 0 Å². The Balaban J connectivity index is 0.00000113. The Labute approximate surface area is 157 Å². The van der Waals surface area contributed by atoms with Gasteiger partial charge in [-0.05, 0) is 30.3 Å². The molecule has 1 atom stereocenters. The van der Waals surface area contributed by atoms with Crippen molar-refractivity contribution in [3.63, 3.8) is 0 Å². The fourth-order valence-corrected chi connectivity index (χ4v) is 2.58. The van der Waals surface area contributed by atoms with Crippen LogP contribution in [-0.4, -0.2) is 36.3 Å². The molecule has 0 bridgehead atoms. The second-order valence-corrected chi connectivity index (χ2v) is 6.02. The standard InChI is InChI=1S/C16H23N3O2.C2H5N.C2H6/c1-11(2)15(18-14(20)8-17-3)16(21)19-9-12-6-4-5-7-13(12)10-19;1-2-3;1-2/h4-7,11,15,17H,8-10H2,1-3H3,(H,18,20);2H,1,3H2;1-2H3. The summed E-state index contributed by atoms with van der Waals surface area (Å²) in [6, 6.07) is 7.60. The first-order chi connectivity index (χ1) is 12.4. The molecule has 6 nitrogen and oxygen atoms in total. The Bertz CT molecular complexity index is 548. The lowest BCUT2D eigenvalue weighted by Gasteiger charge is -2.26. The van der Waals surface area contributed by atoms with Crippen LogP contribution in [0.2, 0.25) is 0 Å². The minimum atomic E-state index is -0.472. The van der Waals surface area contributed by atoms with Crippen molar-refractivity contribution in [2.45, 2.75) is 46.8 Å². The number of benzene rings is 1. The first-order valence-corrected chi connectivity index (χ1v) is 9.06. The predicted molar refractivity (Wildman–Crippen MR) is 107 cm³/mol. The summed E-state index contributed by atoms with van der Waals surface area (Å²) in [5.74, 6) is -0.103. The fourth-order valence-electron chi connectivity index (χ4n) is 2.58. The van der Waals surface area contributed by atoms with E-state index < -0.39 is 6.04 Å². The van der Waals surface area contributed by atoms with E-state index in [2.05, 4.69) is 22.9 Å². The van der Waals surface area contributed by atoms with E-state index in [1.54, 1.807) is 7.05 Å². The Morgan fingerprint density at radius 2 is 1.69 bits per heavy atom. The first kappa shape index (κ1) is 23.7. The highest BCUT2D eigenvalue weighted by atomic mass is 16.2. The van der Waals surface area contributed by atoms with Gasteiger partial charge in [-0.25, -0.2) is 0 Å². The zero-order valence-corrected chi connectivity index (χ0v) is 16.7. The fraction of sp³-hybridized carbons (Fsp3) is 0.500. The summed E-state index contributed by atoms with van der Waals surface area (Å²) in [7, 11) is 1.71. The van der Waals surface area contributed by atoms with Gasteiger partial charge in [-0.3, -0.25) is 9.59 Å². The van der Waals surface area contributed by atoms with Crippen LogP contribution in [0.3, 0.4) is 0 Å². The van der Waals surface area contributed by atoms with Crippen molar-refractivity contribution in [2.24, 2.45) is 11.7 Å². The average molecular weight is 363 g/mol. The highest BCUT2D eigenvalue weighted by Crippen LogP contribution is 2.23. The molecular formula is C20H34N4O2. The summed E-state index contributed by atoms with van der Waals surface area (Å²) in [5, 5.41) is 5.63. The van der Waals surface area contributed by atoms with E-state index in [9.17, 15) is 9.59 Å². The molecule has 1 aliphatic rings. The van der Waals surface area contributed by atoms with Crippen LogP contribution in [-0.2, 0) is 22.7 Å². The molecule has 26 heavy (non-hydrogen) atoms. The summed E-state index contributed by atoms with van der Waals surface area (Å²) in [6.45, 7) is 12.5. The van der Waals surface area contributed by atoms with E-state index in [1.165, 1.54) is 17.3 Å². The lowest BCUT2D eigenvalue weighted by molar-refractivity contribution is -0.138. The Morgan fingerprint density at radius 1 is 1.23 bits per heavy atom.